The minimum atomic E-state index is -0.938. The normalized spacial score (nSPS) is 28.5. The Balaban J connectivity index is 1.32. The highest BCUT2D eigenvalue weighted by Crippen LogP contribution is 2.56. The molecule has 3 fully saturated rings. The summed E-state index contributed by atoms with van der Waals surface area (Å²) in [5.74, 6) is 2.57. The molecule has 37 heavy (non-hydrogen) atoms. The van der Waals surface area contributed by atoms with Crippen LogP contribution in [0.2, 0.25) is 0 Å². The highest BCUT2D eigenvalue weighted by Gasteiger charge is 2.52. The molecule has 2 aromatic heterocycles. The Morgan fingerprint density at radius 3 is 2.65 bits per heavy atom. The molecule has 5 heterocycles. The van der Waals surface area contributed by atoms with Crippen molar-refractivity contribution >= 4 is 23.4 Å². The number of fused-ring (bicyclic) bond motifs is 2. The maximum Gasteiger partial charge on any atom is 0.257 e. The highest BCUT2D eigenvalue weighted by atomic mass is 16.6. The fourth-order valence-electron chi connectivity index (χ4n) is 6.32. The number of piperazine rings is 1. The lowest BCUT2D eigenvalue weighted by atomic mass is 9.66. The summed E-state index contributed by atoms with van der Waals surface area (Å²) in [7, 11) is 0. The maximum absolute atomic E-state index is 13.5. The van der Waals surface area contributed by atoms with Crippen molar-refractivity contribution in [1.29, 1.82) is 5.26 Å². The molecule has 0 N–H and O–H groups in total. The van der Waals surface area contributed by atoms with Crippen LogP contribution in [0.4, 0.5) is 17.5 Å². The molecule has 1 saturated carbocycles. The Morgan fingerprint density at radius 2 is 1.95 bits per heavy atom. The Kier molecular flexibility index (Phi) is 5.81. The number of amides is 1. The second kappa shape index (κ2) is 8.92. The molecular weight excluding hydrogens is 470 g/mol. The zero-order valence-electron chi connectivity index (χ0n) is 21.7. The molecule has 0 aromatic carbocycles. The number of aromatic nitrogens is 3. The molecule has 1 unspecified atom stereocenters. The minimum Gasteiger partial charge on any atom is -0.376 e. The van der Waals surface area contributed by atoms with Crippen LogP contribution in [0.5, 0.6) is 0 Å². The van der Waals surface area contributed by atoms with E-state index in [4.69, 9.17) is 19.4 Å². The predicted molar refractivity (Wildman–Crippen MR) is 137 cm³/mol. The molecule has 3 aliphatic heterocycles. The molecule has 0 bridgehead atoms. The van der Waals surface area contributed by atoms with E-state index in [1.165, 1.54) is 12.0 Å². The summed E-state index contributed by atoms with van der Waals surface area (Å²) in [4.78, 5) is 34.1. The number of hydrogen-bond donors (Lipinski definition) is 0. The molecule has 4 aliphatic rings. The van der Waals surface area contributed by atoms with E-state index < -0.39 is 5.60 Å². The Hall–Kier alpha value is -3.29. The Bertz CT molecular complexity index is 1250. The van der Waals surface area contributed by atoms with E-state index in [9.17, 15) is 10.1 Å². The maximum atomic E-state index is 13.5. The van der Waals surface area contributed by atoms with Gasteiger partial charge in [0, 0.05) is 48.9 Å². The average Bonchev–Trinajstić information content (AvgIpc) is 3.26. The summed E-state index contributed by atoms with van der Waals surface area (Å²) in [5.41, 5.74) is 0.804. The molecule has 194 valence electrons. The molecule has 1 amide bonds. The Labute approximate surface area is 217 Å². The molecule has 2 saturated heterocycles. The van der Waals surface area contributed by atoms with Crippen molar-refractivity contribution < 1.29 is 14.3 Å². The first-order valence-electron chi connectivity index (χ1n) is 13.1. The topological polar surface area (TPSA) is 108 Å². The summed E-state index contributed by atoms with van der Waals surface area (Å²) < 4.78 is 11.4. The van der Waals surface area contributed by atoms with Gasteiger partial charge in [0.2, 0.25) is 0 Å². The van der Waals surface area contributed by atoms with Crippen LogP contribution >= 0.6 is 0 Å². The Morgan fingerprint density at radius 1 is 1.14 bits per heavy atom. The third-order valence-electron chi connectivity index (χ3n) is 8.51. The highest BCUT2D eigenvalue weighted by molar-refractivity contribution is 5.86. The zero-order valence-corrected chi connectivity index (χ0v) is 21.7. The largest absolute Gasteiger partial charge is 0.376 e. The standard InChI is InChI=1S/C27H33N7O3/c1-18-14-33(25(35)26(3)16-36-9-10-37-26)19(2)13-32(18)23-22-24(31-17-30-23)34(15-27(22)6-4-7-27)21-11-20(12-28)5-8-29-21/h5,8,11,17-19H,4,6-7,9-10,13-16H2,1-3H3/t18-,19+,26?/m0/s1. The summed E-state index contributed by atoms with van der Waals surface area (Å²) >= 11 is 0. The first-order chi connectivity index (χ1) is 17.8. The third kappa shape index (κ3) is 3.83. The van der Waals surface area contributed by atoms with E-state index in [-0.39, 0.29) is 30.0 Å². The van der Waals surface area contributed by atoms with Gasteiger partial charge < -0.3 is 24.2 Å². The van der Waals surface area contributed by atoms with Crippen molar-refractivity contribution in [3.8, 4) is 6.07 Å². The molecule has 0 radical (unpaired) electrons. The number of pyridine rings is 1. The molecule has 6 rings (SSSR count). The second-order valence-corrected chi connectivity index (χ2v) is 11.1. The lowest BCUT2D eigenvalue weighted by molar-refractivity contribution is -0.185. The fraction of sp³-hybridized carbons (Fsp3) is 0.593. The van der Waals surface area contributed by atoms with Gasteiger partial charge in [-0.05, 0) is 45.7 Å². The lowest BCUT2D eigenvalue weighted by Crippen LogP contribution is -2.64. The van der Waals surface area contributed by atoms with Crippen LogP contribution in [-0.4, -0.2) is 82.9 Å². The summed E-state index contributed by atoms with van der Waals surface area (Å²) in [6.07, 6.45) is 6.64. The second-order valence-electron chi connectivity index (χ2n) is 11.1. The number of carbonyl (C=O) groups excluding carboxylic acids is 1. The van der Waals surface area contributed by atoms with Crippen molar-refractivity contribution in [1.82, 2.24) is 19.9 Å². The van der Waals surface area contributed by atoms with Crippen molar-refractivity contribution in [2.24, 2.45) is 0 Å². The van der Waals surface area contributed by atoms with E-state index in [0.29, 0.717) is 31.9 Å². The third-order valence-corrected chi connectivity index (χ3v) is 8.51. The van der Waals surface area contributed by atoms with E-state index in [1.807, 2.05) is 17.9 Å². The van der Waals surface area contributed by atoms with Crippen LogP contribution in [0.3, 0.4) is 0 Å². The van der Waals surface area contributed by atoms with Crippen molar-refractivity contribution in [2.75, 3.05) is 49.3 Å². The first kappa shape index (κ1) is 24.1. The van der Waals surface area contributed by atoms with Gasteiger partial charge in [0.25, 0.3) is 5.91 Å². The minimum absolute atomic E-state index is 0.01000. The predicted octanol–water partition coefficient (Wildman–Crippen LogP) is 2.55. The number of rotatable bonds is 3. The first-order valence-corrected chi connectivity index (χ1v) is 13.1. The van der Waals surface area contributed by atoms with Gasteiger partial charge >= 0.3 is 0 Å². The van der Waals surface area contributed by atoms with Gasteiger partial charge in [0.15, 0.2) is 5.60 Å². The van der Waals surface area contributed by atoms with Crippen LogP contribution in [0.15, 0.2) is 24.7 Å². The smallest absolute Gasteiger partial charge is 0.257 e. The van der Waals surface area contributed by atoms with Gasteiger partial charge in [-0.15, -0.1) is 0 Å². The van der Waals surface area contributed by atoms with Gasteiger partial charge in [-0.2, -0.15) is 5.26 Å². The van der Waals surface area contributed by atoms with Crippen LogP contribution in [0.25, 0.3) is 0 Å². The number of ether oxygens (including phenoxy) is 2. The van der Waals surface area contributed by atoms with E-state index in [0.717, 1.165) is 36.8 Å². The van der Waals surface area contributed by atoms with E-state index in [2.05, 4.69) is 34.7 Å². The molecule has 3 atom stereocenters. The summed E-state index contributed by atoms with van der Waals surface area (Å²) in [6, 6.07) is 5.83. The van der Waals surface area contributed by atoms with E-state index in [1.54, 1.807) is 18.6 Å². The number of anilines is 3. The molecule has 2 aromatic rings. The van der Waals surface area contributed by atoms with Gasteiger partial charge in [-0.1, -0.05) is 6.42 Å². The van der Waals surface area contributed by atoms with Gasteiger partial charge in [-0.3, -0.25) is 4.79 Å². The summed E-state index contributed by atoms with van der Waals surface area (Å²) in [5, 5.41) is 9.42. The van der Waals surface area contributed by atoms with Gasteiger partial charge in [-0.25, -0.2) is 15.0 Å². The van der Waals surface area contributed by atoms with Crippen LogP contribution in [-0.2, 0) is 19.7 Å². The lowest BCUT2D eigenvalue weighted by Gasteiger charge is -2.48. The van der Waals surface area contributed by atoms with Crippen molar-refractivity contribution in [2.45, 2.75) is 63.1 Å². The summed E-state index contributed by atoms with van der Waals surface area (Å²) in [6.45, 7) is 9.36. The van der Waals surface area contributed by atoms with Crippen molar-refractivity contribution in [3.05, 3.63) is 35.8 Å². The number of carbonyl (C=O) groups is 1. The zero-order chi connectivity index (χ0) is 25.8. The molecule has 10 heteroatoms. The van der Waals surface area contributed by atoms with Gasteiger partial charge in [0.05, 0.1) is 31.5 Å². The number of nitrogens with zero attached hydrogens (tertiary/aromatic N) is 7. The van der Waals surface area contributed by atoms with Crippen LogP contribution < -0.4 is 9.80 Å². The molecule has 1 spiro atoms. The number of nitriles is 1. The molecular formula is C27H33N7O3. The van der Waals surface area contributed by atoms with Crippen molar-refractivity contribution in [3.63, 3.8) is 0 Å². The fourth-order valence-corrected chi connectivity index (χ4v) is 6.32. The SMILES string of the molecule is C[C@@H]1CN(c2ncnc3c2C2(CCC2)CN3c2cc(C#N)ccn2)[C@@H](C)CN1C(=O)C1(C)COCCO1. The average molecular weight is 504 g/mol. The van der Waals surface area contributed by atoms with E-state index >= 15 is 0 Å². The van der Waals surface area contributed by atoms with Crippen LogP contribution in [0, 0.1) is 11.3 Å². The van der Waals surface area contributed by atoms with Gasteiger partial charge in [0.1, 0.15) is 23.8 Å². The quantitative estimate of drug-likeness (QED) is 0.624. The number of hydrogen-bond acceptors (Lipinski definition) is 9. The molecule has 1 aliphatic carbocycles. The van der Waals surface area contributed by atoms with Crippen LogP contribution in [0.1, 0.15) is 51.2 Å². The monoisotopic (exact) mass is 503 g/mol. The molecule has 10 nitrogen and oxygen atoms in total.